The van der Waals surface area contributed by atoms with Gasteiger partial charge in [-0.1, -0.05) is 17.7 Å². The van der Waals surface area contributed by atoms with Crippen molar-refractivity contribution in [2.24, 2.45) is 11.7 Å². The molecule has 2 heterocycles. The van der Waals surface area contributed by atoms with Crippen LogP contribution in [0, 0.1) is 12.8 Å². The number of carbonyl (C=O) groups excluding carboxylic acids is 2. The van der Waals surface area contributed by atoms with Crippen LogP contribution in [-0.4, -0.2) is 48.1 Å². The van der Waals surface area contributed by atoms with Crippen molar-refractivity contribution in [3.05, 3.63) is 42.0 Å². The number of carbonyl (C=O) groups is 2. The van der Waals surface area contributed by atoms with Crippen LogP contribution in [-0.2, 0) is 23.8 Å². The molecule has 27 heavy (non-hydrogen) atoms. The van der Waals surface area contributed by atoms with E-state index in [4.69, 9.17) is 14.7 Å². The average Bonchev–Trinajstić information content (AvgIpc) is 3.27. The fourth-order valence-electron chi connectivity index (χ4n) is 2.68. The van der Waals surface area contributed by atoms with Gasteiger partial charge in [0.25, 0.3) is 16.0 Å². The predicted octanol–water partition coefficient (Wildman–Crippen LogP) is 0.194. The molecule has 1 aliphatic heterocycles. The van der Waals surface area contributed by atoms with Gasteiger partial charge in [0.05, 0.1) is 17.6 Å². The number of aromatic nitrogens is 3. The number of aryl methyl sites for hydroxylation is 1. The Morgan fingerprint density at radius 3 is 2.70 bits per heavy atom. The van der Waals surface area contributed by atoms with Gasteiger partial charge in [0.2, 0.25) is 5.82 Å². The van der Waals surface area contributed by atoms with Crippen molar-refractivity contribution in [3.8, 4) is 0 Å². The van der Waals surface area contributed by atoms with Crippen LogP contribution < -0.4 is 5.73 Å². The minimum absolute atomic E-state index is 0.0210. The lowest BCUT2D eigenvalue weighted by Gasteiger charge is -2.15. The summed E-state index contributed by atoms with van der Waals surface area (Å²) >= 11 is 0. The number of nitrogens with two attached hydrogens (primary N) is 1. The highest BCUT2D eigenvalue weighted by Crippen LogP contribution is 2.32. The topological polar surface area (TPSA) is 143 Å². The fraction of sp³-hybridized carbons (Fsp3) is 0.375. The van der Waals surface area contributed by atoms with Crippen molar-refractivity contribution < 1.29 is 26.9 Å². The standard InChI is InChI=1S/C16H18N4O6S/c1-10-2-4-12(5-3-10)27(23,24)25-8-13-11(7-21)6-14(26-13)20-9-18-16(19-20)15(17)22/h2-5,7,9,11,13-14H,6,8H2,1H3,(H2,17,22)/t11?,13-,14-/m1/s1. The molecule has 2 N–H and O–H groups in total. The van der Waals surface area contributed by atoms with Gasteiger partial charge in [-0.25, -0.2) is 9.67 Å². The number of primary amides is 1. The molecule has 11 heteroatoms. The molecule has 1 fully saturated rings. The second kappa shape index (κ2) is 7.55. The molecule has 1 aliphatic rings. The van der Waals surface area contributed by atoms with Gasteiger partial charge in [-0.15, -0.1) is 5.10 Å². The molecule has 3 atom stereocenters. The third-order valence-electron chi connectivity index (χ3n) is 4.18. The van der Waals surface area contributed by atoms with Gasteiger partial charge in [0.15, 0.2) is 6.23 Å². The predicted molar refractivity (Wildman–Crippen MR) is 90.9 cm³/mol. The van der Waals surface area contributed by atoms with E-state index >= 15 is 0 Å². The Kier molecular flexibility index (Phi) is 5.35. The fourth-order valence-corrected chi connectivity index (χ4v) is 3.59. The summed E-state index contributed by atoms with van der Waals surface area (Å²) in [6.07, 6.45) is 0.714. The van der Waals surface area contributed by atoms with Crippen molar-refractivity contribution in [3.63, 3.8) is 0 Å². The minimum Gasteiger partial charge on any atom is -0.363 e. The van der Waals surface area contributed by atoms with Gasteiger partial charge in [-0.3, -0.25) is 8.98 Å². The molecule has 0 spiro atoms. The largest absolute Gasteiger partial charge is 0.363 e. The number of rotatable bonds is 7. The lowest BCUT2D eigenvalue weighted by Crippen LogP contribution is -2.25. The number of hydrogen-bond acceptors (Lipinski definition) is 8. The maximum atomic E-state index is 12.3. The second-order valence-corrected chi connectivity index (χ2v) is 7.74. The maximum Gasteiger partial charge on any atom is 0.297 e. The molecular formula is C16H18N4O6S. The Hall–Kier alpha value is -2.63. The summed E-state index contributed by atoms with van der Waals surface area (Å²) in [6.45, 7) is 1.51. The molecule has 1 unspecified atom stereocenters. The normalized spacial score (nSPS) is 22.6. The van der Waals surface area contributed by atoms with E-state index in [-0.39, 0.29) is 23.7 Å². The van der Waals surface area contributed by atoms with Crippen LogP contribution in [0.1, 0.15) is 28.8 Å². The molecule has 3 rings (SSSR count). The zero-order valence-corrected chi connectivity index (χ0v) is 15.2. The first-order valence-corrected chi connectivity index (χ1v) is 9.49. The van der Waals surface area contributed by atoms with E-state index in [0.717, 1.165) is 5.56 Å². The minimum atomic E-state index is -3.98. The molecule has 1 aromatic carbocycles. The number of benzene rings is 1. The van der Waals surface area contributed by atoms with Gasteiger partial charge >= 0.3 is 0 Å². The van der Waals surface area contributed by atoms with Crippen LogP contribution in [0.15, 0.2) is 35.5 Å². The number of aldehydes is 1. The number of amides is 1. The summed E-state index contributed by atoms with van der Waals surface area (Å²) in [5.41, 5.74) is 6.02. The van der Waals surface area contributed by atoms with Gasteiger partial charge < -0.3 is 15.3 Å². The molecule has 2 aromatic rings. The Morgan fingerprint density at radius 1 is 1.41 bits per heavy atom. The monoisotopic (exact) mass is 394 g/mol. The maximum absolute atomic E-state index is 12.3. The van der Waals surface area contributed by atoms with Crippen LogP contribution in [0.2, 0.25) is 0 Å². The van der Waals surface area contributed by atoms with Gasteiger partial charge in [0.1, 0.15) is 12.6 Å². The van der Waals surface area contributed by atoms with Crippen LogP contribution in [0.5, 0.6) is 0 Å². The van der Waals surface area contributed by atoms with E-state index in [1.807, 2.05) is 6.92 Å². The molecule has 1 saturated heterocycles. The Labute approximate surface area is 155 Å². The smallest absolute Gasteiger partial charge is 0.297 e. The molecule has 1 amide bonds. The van der Waals surface area contributed by atoms with Crippen molar-refractivity contribution >= 4 is 22.3 Å². The molecule has 0 radical (unpaired) electrons. The first-order valence-electron chi connectivity index (χ1n) is 8.08. The SMILES string of the molecule is Cc1ccc(S(=O)(=O)OC[C@H]2O[C@@H](n3cnc(C(N)=O)n3)CC2C=O)cc1. The molecule has 144 valence electrons. The Balaban J connectivity index is 1.68. The number of nitrogens with zero attached hydrogens (tertiary/aromatic N) is 3. The Bertz CT molecular complexity index is 940. The number of hydrogen-bond donors (Lipinski definition) is 1. The summed E-state index contributed by atoms with van der Waals surface area (Å²) < 4.78 is 36.6. The summed E-state index contributed by atoms with van der Waals surface area (Å²) in [5, 5.41) is 3.89. The molecule has 0 saturated carbocycles. The summed E-state index contributed by atoms with van der Waals surface area (Å²) in [7, 11) is -3.98. The van der Waals surface area contributed by atoms with E-state index in [1.165, 1.54) is 23.1 Å². The van der Waals surface area contributed by atoms with Gasteiger partial charge in [-0.2, -0.15) is 8.42 Å². The van der Waals surface area contributed by atoms with E-state index in [2.05, 4.69) is 10.1 Å². The zero-order chi connectivity index (χ0) is 19.6. The van der Waals surface area contributed by atoms with Crippen molar-refractivity contribution in [2.45, 2.75) is 30.6 Å². The quantitative estimate of drug-likeness (QED) is 0.518. The van der Waals surface area contributed by atoms with E-state index < -0.39 is 34.3 Å². The summed E-state index contributed by atoms with van der Waals surface area (Å²) in [4.78, 5) is 26.2. The van der Waals surface area contributed by atoms with Crippen molar-refractivity contribution in [2.75, 3.05) is 6.61 Å². The summed E-state index contributed by atoms with van der Waals surface area (Å²) in [5.74, 6) is -1.56. The van der Waals surface area contributed by atoms with Crippen LogP contribution >= 0.6 is 0 Å². The van der Waals surface area contributed by atoms with Crippen molar-refractivity contribution in [1.82, 2.24) is 14.8 Å². The van der Waals surface area contributed by atoms with E-state index in [1.54, 1.807) is 12.1 Å². The second-order valence-electron chi connectivity index (χ2n) is 6.13. The zero-order valence-electron chi connectivity index (χ0n) is 14.4. The Morgan fingerprint density at radius 2 is 2.11 bits per heavy atom. The molecule has 0 aliphatic carbocycles. The third-order valence-corrected chi connectivity index (χ3v) is 5.47. The summed E-state index contributed by atoms with van der Waals surface area (Å²) in [6, 6.07) is 6.21. The molecule has 0 bridgehead atoms. The highest BCUT2D eigenvalue weighted by atomic mass is 32.2. The van der Waals surface area contributed by atoms with E-state index in [9.17, 15) is 18.0 Å². The first kappa shape index (κ1) is 19.1. The van der Waals surface area contributed by atoms with Gasteiger partial charge in [0, 0.05) is 12.3 Å². The lowest BCUT2D eigenvalue weighted by atomic mass is 10.0. The van der Waals surface area contributed by atoms with Crippen molar-refractivity contribution in [1.29, 1.82) is 0 Å². The van der Waals surface area contributed by atoms with Crippen LogP contribution in [0.4, 0.5) is 0 Å². The molecule has 10 nitrogen and oxygen atoms in total. The first-order chi connectivity index (χ1) is 12.8. The van der Waals surface area contributed by atoms with Crippen LogP contribution in [0.25, 0.3) is 0 Å². The lowest BCUT2D eigenvalue weighted by molar-refractivity contribution is -0.113. The number of ether oxygens (including phenoxy) is 1. The highest BCUT2D eigenvalue weighted by molar-refractivity contribution is 7.86. The average molecular weight is 394 g/mol. The van der Waals surface area contributed by atoms with Gasteiger partial charge in [-0.05, 0) is 19.1 Å². The third kappa shape index (κ3) is 4.21. The molecular weight excluding hydrogens is 376 g/mol. The van der Waals surface area contributed by atoms with E-state index in [0.29, 0.717) is 6.29 Å². The highest BCUT2D eigenvalue weighted by Gasteiger charge is 2.38. The molecule has 1 aromatic heterocycles. The van der Waals surface area contributed by atoms with Crippen LogP contribution in [0.3, 0.4) is 0 Å².